The Balaban J connectivity index is 2.34. The van der Waals surface area contributed by atoms with E-state index < -0.39 is 0 Å². The first-order valence-electron chi connectivity index (χ1n) is 6.55. The molecule has 4 nitrogen and oxygen atoms in total. The second-order valence-corrected chi connectivity index (χ2v) is 4.66. The van der Waals surface area contributed by atoms with E-state index >= 15 is 0 Å². The minimum Gasteiger partial charge on any atom is -0.463 e. The van der Waals surface area contributed by atoms with Crippen LogP contribution in [0.4, 0.5) is 0 Å². The Morgan fingerprint density at radius 3 is 2.63 bits per heavy atom. The van der Waals surface area contributed by atoms with Crippen LogP contribution in [-0.4, -0.2) is 19.2 Å². The van der Waals surface area contributed by atoms with Crippen molar-refractivity contribution in [3.05, 3.63) is 46.7 Å². The third kappa shape index (κ3) is 2.96. The number of hydrogen-bond donors (Lipinski definition) is 2. The van der Waals surface area contributed by atoms with Gasteiger partial charge in [0.2, 0.25) is 0 Å². The molecule has 1 aromatic rings. The molecule has 0 bridgehead atoms. The van der Waals surface area contributed by atoms with Gasteiger partial charge in [0.25, 0.3) is 0 Å². The summed E-state index contributed by atoms with van der Waals surface area (Å²) >= 11 is 0. The van der Waals surface area contributed by atoms with Crippen LogP contribution < -0.4 is 10.6 Å². The van der Waals surface area contributed by atoms with E-state index in [0.29, 0.717) is 18.8 Å². The number of nitrogens with one attached hydrogen (secondary N) is 2. The maximum absolute atomic E-state index is 12.1. The highest BCUT2D eigenvalue weighted by molar-refractivity contribution is 5.91. The van der Waals surface area contributed by atoms with Crippen molar-refractivity contribution in [2.75, 3.05) is 13.3 Å². The zero-order valence-electron chi connectivity index (χ0n) is 11.6. The fourth-order valence-electron chi connectivity index (χ4n) is 2.22. The summed E-state index contributed by atoms with van der Waals surface area (Å²) in [5, 5.41) is 6.46. The lowest BCUT2D eigenvalue weighted by Gasteiger charge is -2.28. The molecule has 1 aliphatic rings. The second-order valence-electron chi connectivity index (χ2n) is 4.66. The first-order valence-corrected chi connectivity index (χ1v) is 6.55. The highest BCUT2D eigenvalue weighted by atomic mass is 16.5. The van der Waals surface area contributed by atoms with Crippen molar-refractivity contribution in [1.29, 1.82) is 0 Å². The van der Waals surface area contributed by atoms with Crippen molar-refractivity contribution >= 4 is 5.97 Å². The molecule has 2 N–H and O–H groups in total. The molecule has 1 aromatic carbocycles. The molecule has 0 aliphatic carbocycles. The van der Waals surface area contributed by atoms with Crippen molar-refractivity contribution in [2.45, 2.75) is 26.8 Å². The first-order chi connectivity index (χ1) is 9.13. The normalized spacial score (nSPS) is 19.0. The number of rotatable bonds is 3. The van der Waals surface area contributed by atoms with Gasteiger partial charge in [-0.2, -0.15) is 0 Å². The average molecular weight is 260 g/mol. The lowest BCUT2D eigenvalue weighted by Crippen LogP contribution is -2.41. The smallest absolute Gasteiger partial charge is 0.337 e. The molecule has 0 saturated carbocycles. The van der Waals surface area contributed by atoms with Crippen LogP contribution in [0.15, 0.2) is 35.5 Å². The maximum atomic E-state index is 12.1. The Bertz CT molecular complexity index is 491. The zero-order valence-corrected chi connectivity index (χ0v) is 11.6. The number of carbonyl (C=O) groups excluding carboxylic acids is 1. The van der Waals surface area contributed by atoms with E-state index in [0.717, 1.165) is 11.3 Å². The van der Waals surface area contributed by atoms with Crippen LogP contribution >= 0.6 is 0 Å². The molecule has 1 atom stereocenters. The molecule has 2 rings (SSSR count). The first kappa shape index (κ1) is 13.6. The van der Waals surface area contributed by atoms with Crippen molar-refractivity contribution < 1.29 is 9.53 Å². The molecule has 0 aromatic heterocycles. The number of benzene rings is 1. The van der Waals surface area contributed by atoms with Gasteiger partial charge in [-0.3, -0.25) is 5.32 Å². The summed E-state index contributed by atoms with van der Waals surface area (Å²) in [7, 11) is 0. The van der Waals surface area contributed by atoms with E-state index in [9.17, 15) is 4.79 Å². The Labute approximate surface area is 113 Å². The SMILES string of the molecule is CCOC(=O)C1=C(C)NCNC1c1ccc(C)cc1. The molecule has 4 heteroatoms. The van der Waals surface area contributed by atoms with Crippen LogP contribution in [0.2, 0.25) is 0 Å². The van der Waals surface area contributed by atoms with Crippen molar-refractivity contribution in [2.24, 2.45) is 0 Å². The molecular weight excluding hydrogens is 240 g/mol. The van der Waals surface area contributed by atoms with Gasteiger partial charge in [-0.1, -0.05) is 29.8 Å². The molecule has 0 amide bonds. The zero-order chi connectivity index (χ0) is 13.8. The molecule has 1 unspecified atom stereocenters. The highest BCUT2D eigenvalue weighted by Crippen LogP contribution is 2.27. The van der Waals surface area contributed by atoms with Crippen molar-refractivity contribution in [3.8, 4) is 0 Å². The predicted octanol–water partition coefficient (Wildman–Crippen LogP) is 2.02. The van der Waals surface area contributed by atoms with Gasteiger partial charge in [0.1, 0.15) is 0 Å². The van der Waals surface area contributed by atoms with E-state index in [1.165, 1.54) is 5.56 Å². The van der Waals surface area contributed by atoms with Gasteiger partial charge in [0, 0.05) is 5.70 Å². The number of hydrogen-bond acceptors (Lipinski definition) is 4. The van der Waals surface area contributed by atoms with Crippen LogP contribution in [0.25, 0.3) is 0 Å². The van der Waals surface area contributed by atoms with Gasteiger partial charge in [0.15, 0.2) is 0 Å². The summed E-state index contributed by atoms with van der Waals surface area (Å²) in [6.07, 6.45) is 0. The monoisotopic (exact) mass is 260 g/mol. The van der Waals surface area contributed by atoms with Gasteiger partial charge in [-0.05, 0) is 26.3 Å². The third-order valence-electron chi connectivity index (χ3n) is 3.26. The molecule has 0 saturated heterocycles. The van der Waals surface area contributed by atoms with Crippen LogP contribution in [0.3, 0.4) is 0 Å². The molecule has 1 aliphatic heterocycles. The summed E-state index contributed by atoms with van der Waals surface area (Å²) in [6.45, 7) is 6.81. The van der Waals surface area contributed by atoms with Gasteiger partial charge in [-0.15, -0.1) is 0 Å². The standard InChI is InChI=1S/C15H20N2O2/c1-4-19-15(18)13-11(3)16-9-17-14(13)12-7-5-10(2)6-8-12/h5-8,14,16-17H,4,9H2,1-3H3. The number of esters is 1. The number of allylic oxidation sites excluding steroid dienone is 1. The lowest BCUT2D eigenvalue weighted by atomic mass is 9.95. The summed E-state index contributed by atoms with van der Waals surface area (Å²) in [5.41, 5.74) is 3.82. The maximum Gasteiger partial charge on any atom is 0.337 e. The van der Waals surface area contributed by atoms with Gasteiger partial charge >= 0.3 is 5.97 Å². The van der Waals surface area contributed by atoms with Crippen molar-refractivity contribution in [3.63, 3.8) is 0 Å². The largest absolute Gasteiger partial charge is 0.463 e. The number of ether oxygens (including phenoxy) is 1. The molecule has 102 valence electrons. The molecule has 0 fully saturated rings. The summed E-state index contributed by atoms with van der Waals surface area (Å²) < 4.78 is 5.15. The van der Waals surface area contributed by atoms with E-state index in [4.69, 9.17) is 4.74 Å². The molecule has 0 spiro atoms. The van der Waals surface area contributed by atoms with E-state index in [1.807, 2.05) is 32.9 Å². The van der Waals surface area contributed by atoms with Gasteiger partial charge in [-0.25, -0.2) is 4.79 Å². The van der Waals surface area contributed by atoms with E-state index in [2.05, 4.69) is 22.8 Å². The minimum atomic E-state index is -0.259. The van der Waals surface area contributed by atoms with Crippen LogP contribution in [0.1, 0.15) is 31.0 Å². The Morgan fingerprint density at radius 2 is 2.00 bits per heavy atom. The Hall–Kier alpha value is -1.81. The van der Waals surface area contributed by atoms with E-state index in [-0.39, 0.29) is 12.0 Å². The fraction of sp³-hybridized carbons (Fsp3) is 0.400. The topological polar surface area (TPSA) is 50.4 Å². The van der Waals surface area contributed by atoms with Crippen molar-refractivity contribution in [1.82, 2.24) is 10.6 Å². The van der Waals surface area contributed by atoms with Crippen LogP contribution in [-0.2, 0) is 9.53 Å². The summed E-state index contributed by atoms with van der Waals surface area (Å²) in [4.78, 5) is 12.1. The molecule has 19 heavy (non-hydrogen) atoms. The fourth-order valence-corrected chi connectivity index (χ4v) is 2.22. The summed E-state index contributed by atoms with van der Waals surface area (Å²) in [6, 6.07) is 8.09. The molecule has 0 radical (unpaired) electrons. The molecule has 1 heterocycles. The minimum absolute atomic E-state index is 0.110. The number of carbonyl (C=O) groups is 1. The van der Waals surface area contributed by atoms with Crippen LogP contribution in [0, 0.1) is 6.92 Å². The Morgan fingerprint density at radius 1 is 1.32 bits per heavy atom. The second kappa shape index (κ2) is 5.89. The average Bonchev–Trinajstić information content (AvgIpc) is 2.39. The van der Waals surface area contributed by atoms with Gasteiger partial charge in [0.05, 0.1) is 24.9 Å². The highest BCUT2D eigenvalue weighted by Gasteiger charge is 2.28. The van der Waals surface area contributed by atoms with Crippen LogP contribution in [0.5, 0.6) is 0 Å². The van der Waals surface area contributed by atoms with Gasteiger partial charge < -0.3 is 10.1 Å². The predicted molar refractivity (Wildman–Crippen MR) is 74.4 cm³/mol. The number of aryl methyl sites for hydroxylation is 1. The third-order valence-corrected chi connectivity index (χ3v) is 3.26. The molecular formula is C15H20N2O2. The summed E-state index contributed by atoms with van der Waals surface area (Å²) in [5.74, 6) is -0.259. The van der Waals surface area contributed by atoms with E-state index in [1.54, 1.807) is 0 Å². The lowest BCUT2D eigenvalue weighted by molar-refractivity contribution is -0.139. The Kier molecular flexibility index (Phi) is 4.22. The quantitative estimate of drug-likeness (QED) is 0.816.